The van der Waals surface area contributed by atoms with Gasteiger partial charge >= 0.3 is 0 Å². The molecule has 1 aliphatic carbocycles. The van der Waals surface area contributed by atoms with E-state index >= 15 is 0 Å². The lowest BCUT2D eigenvalue weighted by molar-refractivity contribution is 0.0368. The maximum atomic E-state index is 10.1. The maximum Gasteiger partial charge on any atom is 0.191 e. The van der Waals surface area contributed by atoms with E-state index in [1.165, 1.54) is 18.4 Å². The molecule has 2 fully saturated rings. The number of aliphatic hydroxyl groups is 1. The smallest absolute Gasteiger partial charge is 0.191 e. The molecule has 0 aromatic heterocycles. The van der Waals surface area contributed by atoms with Crippen molar-refractivity contribution in [1.82, 2.24) is 15.5 Å². The third-order valence-electron chi connectivity index (χ3n) is 5.87. The Bertz CT molecular complexity index is 613. The average Bonchev–Trinajstić information content (AvgIpc) is 3.57. The second kappa shape index (κ2) is 11.5. The molecule has 1 aliphatic heterocycles. The van der Waals surface area contributed by atoms with Crippen molar-refractivity contribution in [1.29, 1.82) is 0 Å². The van der Waals surface area contributed by atoms with Gasteiger partial charge in [-0.15, -0.1) is 0 Å². The molecule has 0 radical (unpaired) electrons. The van der Waals surface area contributed by atoms with E-state index in [2.05, 4.69) is 64.7 Å². The number of ether oxygens (including phenoxy) is 1. The highest BCUT2D eigenvalue weighted by atomic mass is 16.5. The summed E-state index contributed by atoms with van der Waals surface area (Å²) in [4.78, 5) is 7.13. The Balaban J connectivity index is 1.41. The molecule has 2 atom stereocenters. The highest BCUT2D eigenvalue weighted by Gasteiger charge is 2.24. The number of aliphatic hydroxyl groups excluding tert-OH is 1. The Morgan fingerprint density at radius 2 is 1.93 bits per heavy atom. The molecule has 6 heteroatoms. The molecule has 0 bridgehead atoms. The zero-order valence-electron chi connectivity index (χ0n) is 18.0. The predicted molar refractivity (Wildman–Crippen MR) is 118 cm³/mol. The largest absolute Gasteiger partial charge is 0.389 e. The number of nitrogens with zero attached hydrogens (tertiary/aromatic N) is 2. The molecule has 6 nitrogen and oxygen atoms in total. The van der Waals surface area contributed by atoms with Crippen molar-refractivity contribution in [3.63, 3.8) is 0 Å². The van der Waals surface area contributed by atoms with Gasteiger partial charge in [0.2, 0.25) is 0 Å². The van der Waals surface area contributed by atoms with Gasteiger partial charge < -0.3 is 20.5 Å². The van der Waals surface area contributed by atoms with Crippen LogP contribution < -0.4 is 10.6 Å². The molecular weight excluding hydrogens is 364 g/mol. The summed E-state index contributed by atoms with van der Waals surface area (Å²) in [5.74, 6) is 1.52. The molecular formula is C23H38N4O2. The first-order chi connectivity index (χ1) is 14.2. The number of aliphatic imine (C=N–C) groups is 1. The Labute approximate surface area is 175 Å². The highest BCUT2D eigenvalue weighted by molar-refractivity contribution is 5.80. The van der Waals surface area contributed by atoms with E-state index in [1.54, 1.807) is 0 Å². The normalized spacial score (nSPS) is 21.0. The van der Waals surface area contributed by atoms with E-state index in [1.807, 2.05) is 0 Å². The minimum atomic E-state index is -0.544. The summed E-state index contributed by atoms with van der Waals surface area (Å²) in [5.41, 5.74) is 1.38. The molecule has 3 N–H and O–H groups in total. The van der Waals surface area contributed by atoms with E-state index < -0.39 is 6.10 Å². The van der Waals surface area contributed by atoms with Crippen LogP contribution in [0.2, 0.25) is 0 Å². The Morgan fingerprint density at radius 1 is 1.21 bits per heavy atom. The van der Waals surface area contributed by atoms with E-state index in [4.69, 9.17) is 4.74 Å². The van der Waals surface area contributed by atoms with Gasteiger partial charge in [0, 0.05) is 38.3 Å². The fourth-order valence-corrected chi connectivity index (χ4v) is 3.79. The van der Waals surface area contributed by atoms with Gasteiger partial charge in [0.1, 0.15) is 0 Å². The van der Waals surface area contributed by atoms with Crippen molar-refractivity contribution in [2.24, 2.45) is 10.9 Å². The monoisotopic (exact) mass is 402 g/mol. The molecule has 2 aliphatic rings. The summed E-state index contributed by atoms with van der Waals surface area (Å²) in [6, 6.07) is 11.6. The summed E-state index contributed by atoms with van der Waals surface area (Å²) in [6.45, 7) is 8.83. The minimum absolute atomic E-state index is 0.365. The highest BCUT2D eigenvalue weighted by Crippen LogP contribution is 2.28. The average molecular weight is 403 g/mol. The van der Waals surface area contributed by atoms with Crippen molar-refractivity contribution in [2.45, 2.75) is 57.7 Å². The number of hydrogen-bond acceptors (Lipinski definition) is 4. The Morgan fingerprint density at radius 3 is 2.59 bits per heavy atom. The van der Waals surface area contributed by atoms with Crippen LogP contribution in [0.15, 0.2) is 35.3 Å². The van der Waals surface area contributed by atoms with Crippen LogP contribution >= 0.6 is 0 Å². The van der Waals surface area contributed by atoms with Crippen molar-refractivity contribution in [3.05, 3.63) is 35.9 Å². The van der Waals surface area contributed by atoms with E-state index in [0.717, 1.165) is 51.0 Å². The molecule has 29 heavy (non-hydrogen) atoms. The summed E-state index contributed by atoms with van der Waals surface area (Å²) in [7, 11) is 0. The summed E-state index contributed by atoms with van der Waals surface area (Å²) < 4.78 is 5.57. The maximum absolute atomic E-state index is 10.1. The van der Waals surface area contributed by atoms with Crippen molar-refractivity contribution >= 4 is 5.96 Å². The van der Waals surface area contributed by atoms with Gasteiger partial charge in [-0.05, 0) is 51.0 Å². The van der Waals surface area contributed by atoms with E-state index in [9.17, 15) is 5.11 Å². The Hall–Kier alpha value is -1.63. The third-order valence-corrected chi connectivity index (χ3v) is 5.87. The van der Waals surface area contributed by atoms with Gasteiger partial charge in [0.15, 0.2) is 5.96 Å². The second-order valence-corrected chi connectivity index (χ2v) is 8.40. The molecule has 2 unspecified atom stereocenters. The zero-order chi connectivity index (χ0) is 20.5. The summed E-state index contributed by atoms with van der Waals surface area (Å²) in [5, 5.41) is 17.0. The topological polar surface area (TPSA) is 69.1 Å². The number of likely N-dealkylation sites (tertiary alicyclic amines) is 1. The first-order valence-corrected chi connectivity index (χ1v) is 11.2. The second-order valence-electron chi connectivity index (χ2n) is 8.40. The van der Waals surface area contributed by atoms with Gasteiger partial charge in [0.25, 0.3) is 0 Å². The standard InChI is InChI=1S/C23H38N4O2/c1-3-24-23(25-15-22(28)17-29-16-19-9-10-19)26-21-11-13-27(14-12-21)18(2)20-7-5-4-6-8-20/h4-8,18-19,21-22,28H,3,9-17H2,1-2H3,(H2,24,25,26). The van der Waals surface area contributed by atoms with Crippen LogP contribution in [0, 0.1) is 5.92 Å². The lowest BCUT2D eigenvalue weighted by Crippen LogP contribution is -2.49. The van der Waals surface area contributed by atoms with Crippen molar-refractivity contribution in [2.75, 3.05) is 39.4 Å². The first-order valence-electron chi connectivity index (χ1n) is 11.2. The van der Waals surface area contributed by atoms with Gasteiger partial charge in [-0.2, -0.15) is 0 Å². The predicted octanol–water partition coefficient (Wildman–Crippen LogP) is 2.55. The summed E-state index contributed by atoms with van der Waals surface area (Å²) in [6.07, 6.45) is 4.18. The van der Waals surface area contributed by atoms with E-state index in [0.29, 0.717) is 25.2 Å². The molecule has 0 spiro atoms. The number of hydrogen-bond donors (Lipinski definition) is 3. The van der Waals surface area contributed by atoms with Gasteiger partial charge in [0.05, 0.1) is 19.3 Å². The number of rotatable bonds is 10. The quantitative estimate of drug-likeness (QED) is 0.415. The van der Waals surface area contributed by atoms with Gasteiger partial charge in [-0.25, -0.2) is 0 Å². The lowest BCUT2D eigenvalue weighted by Gasteiger charge is -2.37. The van der Waals surface area contributed by atoms with Crippen LogP contribution in [-0.2, 0) is 4.74 Å². The molecule has 1 heterocycles. The molecule has 162 valence electrons. The zero-order valence-corrected chi connectivity index (χ0v) is 18.0. The van der Waals surface area contributed by atoms with Crippen LogP contribution in [0.1, 0.15) is 51.1 Å². The molecule has 3 rings (SSSR count). The van der Waals surface area contributed by atoms with Crippen LogP contribution in [0.3, 0.4) is 0 Å². The van der Waals surface area contributed by atoms with Crippen LogP contribution in [0.25, 0.3) is 0 Å². The first kappa shape index (κ1) is 22.1. The number of benzene rings is 1. The molecule has 0 amide bonds. The molecule has 1 aromatic rings. The van der Waals surface area contributed by atoms with Crippen LogP contribution in [0.4, 0.5) is 0 Å². The molecule has 1 saturated carbocycles. The summed E-state index contributed by atoms with van der Waals surface area (Å²) >= 11 is 0. The fourth-order valence-electron chi connectivity index (χ4n) is 3.79. The number of nitrogens with one attached hydrogen (secondary N) is 2. The number of piperidine rings is 1. The van der Waals surface area contributed by atoms with Gasteiger partial charge in [-0.1, -0.05) is 30.3 Å². The fraction of sp³-hybridized carbons (Fsp3) is 0.696. The van der Waals surface area contributed by atoms with Crippen LogP contribution in [0.5, 0.6) is 0 Å². The Kier molecular flexibility index (Phi) is 8.77. The molecule has 1 aromatic carbocycles. The van der Waals surface area contributed by atoms with E-state index in [-0.39, 0.29) is 0 Å². The van der Waals surface area contributed by atoms with Crippen molar-refractivity contribution < 1.29 is 9.84 Å². The lowest BCUT2D eigenvalue weighted by atomic mass is 10.0. The third kappa shape index (κ3) is 7.61. The minimum Gasteiger partial charge on any atom is -0.389 e. The van der Waals surface area contributed by atoms with Crippen molar-refractivity contribution in [3.8, 4) is 0 Å². The van der Waals surface area contributed by atoms with Crippen LogP contribution in [-0.4, -0.2) is 67.5 Å². The van der Waals surface area contributed by atoms with Gasteiger partial charge in [-0.3, -0.25) is 9.89 Å². The SMILES string of the molecule is CCNC(=NCC(O)COCC1CC1)NC1CCN(C(C)c2ccccc2)CC1. The molecule has 1 saturated heterocycles. The number of guanidine groups is 1.